The number of carbonyl (C=O) groups is 2. The number of aliphatic hydroxyl groups excluding tert-OH is 1. The molecule has 1 aromatic rings. The molecule has 0 saturated carbocycles. The zero-order chi connectivity index (χ0) is 18.3. The molecule has 1 rings (SSSR count). The van der Waals surface area contributed by atoms with Gasteiger partial charge in [-0.1, -0.05) is 6.58 Å². The van der Waals surface area contributed by atoms with E-state index in [1.165, 1.54) is 36.1 Å². The van der Waals surface area contributed by atoms with Crippen LogP contribution in [0.25, 0.3) is 0 Å². The van der Waals surface area contributed by atoms with Gasteiger partial charge in [-0.2, -0.15) is 0 Å². The summed E-state index contributed by atoms with van der Waals surface area (Å²) in [7, 11) is 0. The van der Waals surface area contributed by atoms with E-state index in [-0.39, 0.29) is 36.5 Å². The third-order valence-corrected chi connectivity index (χ3v) is 3.04. The molecular weight excluding hydrogens is 316 g/mol. The Balaban J connectivity index is 2.94. The van der Waals surface area contributed by atoms with Crippen molar-refractivity contribution in [3.8, 4) is 0 Å². The highest BCUT2D eigenvalue weighted by Gasteiger charge is 2.21. The van der Waals surface area contributed by atoms with E-state index in [0.717, 1.165) is 0 Å². The Morgan fingerprint density at radius 3 is 2.42 bits per heavy atom. The summed E-state index contributed by atoms with van der Waals surface area (Å²) in [6.07, 6.45) is -0.818. The van der Waals surface area contributed by atoms with Crippen molar-refractivity contribution in [2.45, 2.75) is 20.0 Å². The second kappa shape index (κ2) is 8.78. The minimum Gasteiger partial charge on any atom is -0.463 e. The van der Waals surface area contributed by atoms with Crippen LogP contribution in [0.4, 0.5) is 5.69 Å². The molecule has 1 unspecified atom stereocenters. The van der Waals surface area contributed by atoms with Crippen LogP contribution in [-0.4, -0.2) is 52.6 Å². The summed E-state index contributed by atoms with van der Waals surface area (Å²) in [5, 5.41) is 20.2. The number of rotatable bonds is 8. The fraction of sp³-hybridized carbons (Fsp3) is 0.375. The second-order valence-electron chi connectivity index (χ2n) is 5.16. The van der Waals surface area contributed by atoms with Crippen LogP contribution in [-0.2, 0) is 9.53 Å². The Labute approximate surface area is 139 Å². The minimum atomic E-state index is -0.818. The molecule has 0 aromatic heterocycles. The van der Waals surface area contributed by atoms with Crippen LogP contribution < -0.4 is 0 Å². The van der Waals surface area contributed by atoms with Gasteiger partial charge in [-0.3, -0.25) is 14.9 Å². The van der Waals surface area contributed by atoms with Crippen LogP contribution in [0, 0.1) is 10.1 Å². The molecule has 0 aliphatic rings. The van der Waals surface area contributed by atoms with Gasteiger partial charge in [0.2, 0.25) is 0 Å². The molecule has 0 radical (unpaired) electrons. The Kier molecular flexibility index (Phi) is 7.06. The molecule has 0 saturated heterocycles. The van der Waals surface area contributed by atoms with E-state index in [4.69, 9.17) is 4.74 Å². The van der Waals surface area contributed by atoms with Crippen molar-refractivity contribution in [3.63, 3.8) is 0 Å². The molecular formula is C16H20N2O6. The van der Waals surface area contributed by atoms with Gasteiger partial charge < -0.3 is 14.7 Å². The lowest BCUT2D eigenvalue weighted by atomic mass is 10.1. The first-order valence-electron chi connectivity index (χ1n) is 7.33. The smallest absolute Gasteiger partial charge is 0.335 e. The fourth-order valence-electron chi connectivity index (χ4n) is 1.97. The van der Waals surface area contributed by atoms with E-state index in [1.54, 1.807) is 6.92 Å². The molecule has 8 heteroatoms. The molecule has 8 nitrogen and oxygen atoms in total. The summed E-state index contributed by atoms with van der Waals surface area (Å²) in [6, 6.07) is 5.08. The van der Waals surface area contributed by atoms with E-state index in [2.05, 4.69) is 6.58 Å². The van der Waals surface area contributed by atoms with Crippen molar-refractivity contribution in [3.05, 3.63) is 52.1 Å². The third kappa shape index (κ3) is 5.47. The zero-order valence-electron chi connectivity index (χ0n) is 13.6. The number of hydrogen-bond donors (Lipinski definition) is 1. The van der Waals surface area contributed by atoms with Crippen molar-refractivity contribution in [2.75, 3.05) is 19.7 Å². The van der Waals surface area contributed by atoms with Gasteiger partial charge in [0.1, 0.15) is 0 Å². The van der Waals surface area contributed by atoms with E-state index in [0.29, 0.717) is 0 Å². The van der Waals surface area contributed by atoms with E-state index >= 15 is 0 Å². The number of benzene rings is 1. The number of nitro groups is 1. The lowest BCUT2D eigenvalue weighted by Crippen LogP contribution is -2.39. The first kappa shape index (κ1) is 19.3. The third-order valence-electron chi connectivity index (χ3n) is 3.04. The monoisotopic (exact) mass is 336 g/mol. The molecule has 0 aliphatic carbocycles. The number of nitrogens with zero attached hydrogens (tertiary/aromatic N) is 2. The standard InChI is InChI=1S/C16H20N2O6/c1-4-24-16(21)11(2)9-17(10-12(3)19)15(20)13-5-7-14(8-6-13)18(22)23/h5-8,12,19H,2,4,9-10H2,1,3H3. The summed E-state index contributed by atoms with van der Waals surface area (Å²) in [5.74, 6) is -1.10. The number of non-ortho nitro benzene ring substituents is 1. The van der Waals surface area contributed by atoms with Crippen molar-refractivity contribution >= 4 is 17.6 Å². The van der Waals surface area contributed by atoms with E-state index in [1.807, 2.05) is 0 Å². The number of hydrogen-bond acceptors (Lipinski definition) is 6. The zero-order valence-corrected chi connectivity index (χ0v) is 13.6. The molecule has 0 aliphatic heterocycles. The average molecular weight is 336 g/mol. The number of carbonyl (C=O) groups excluding carboxylic acids is 2. The highest BCUT2D eigenvalue weighted by atomic mass is 16.6. The van der Waals surface area contributed by atoms with Crippen LogP contribution in [0.3, 0.4) is 0 Å². The molecule has 130 valence electrons. The summed E-state index contributed by atoms with van der Waals surface area (Å²) in [4.78, 5) is 35.5. The van der Waals surface area contributed by atoms with Crippen molar-refractivity contribution in [1.29, 1.82) is 0 Å². The van der Waals surface area contributed by atoms with Gasteiger partial charge in [-0.05, 0) is 26.0 Å². The quantitative estimate of drug-likeness (QED) is 0.334. The highest BCUT2D eigenvalue weighted by Crippen LogP contribution is 2.14. The molecule has 0 heterocycles. The second-order valence-corrected chi connectivity index (χ2v) is 5.16. The van der Waals surface area contributed by atoms with Crippen LogP contribution >= 0.6 is 0 Å². The largest absolute Gasteiger partial charge is 0.463 e. The van der Waals surface area contributed by atoms with Gasteiger partial charge in [0.05, 0.1) is 24.2 Å². The molecule has 1 atom stereocenters. The highest BCUT2D eigenvalue weighted by molar-refractivity contribution is 5.96. The van der Waals surface area contributed by atoms with Crippen LogP contribution in [0.15, 0.2) is 36.4 Å². The van der Waals surface area contributed by atoms with Gasteiger partial charge in [0.25, 0.3) is 11.6 Å². The van der Waals surface area contributed by atoms with Crippen molar-refractivity contribution < 1.29 is 24.4 Å². The lowest BCUT2D eigenvalue weighted by Gasteiger charge is -2.24. The number of esters is 1. The maximum atomic E-state index is 12.5. The van der Waals surface area contributed by atoms with Crippen molar-refractivity contribution in [2.24, 2.45) is 0 Å². The minimum absolute atomic E-state index is 0.0196. The molecule has 1 aromatic carbocycles. The number of ether oxygens (including phenoxy) is 1. The average Bonchev–Trinajstić information content (AvgIpc) is 2.53. The predicted molar refractivity (Wildman–Crippen MR) is 86.5 cm³/mol. The molecule has 1 amide bonds. The van der Waals surface area contributed by atoms with E-state index in [9.17, 15) is 24.8 Å². The number of amides is 1. The Hall–Kier alpha value is -2.74. The van der Waals surface area contributed by atoms with Gasteiger partial charge in [-0.25, -0.2) is 4.79 Å². The topological polar surface area (TPSA) is 110 Å². The lowest BCUT2D eigenvalue weighted by molar-refractivity contribution is -0.384. The number of nitro benzene ring substituents is 1. The summed E-state index contributed by atoms with van der Waals surface area (Å²) in [6.45, 7) is 6.81. The first-order chi connectivity index (χ1) is 11.3. The normalized spacial score (nSPS) is 11.5. The van der Waals surface area contributed by atoms with Gasteiger partial charge in [-0.15, -0.1) is 0 Å². The van der Waals surface area contributed by atoms with Gasteiger partial charge >= 0.3 is 5.97 Å². The Bertz CT molecular complexity index is 624. The fourth-order valence-corrected chi connectivity index (χ4v) is 1.97. The van der Waals surface area contributed by atoms with Gasteiger partial charge in [0.15, 0.2) is 0 Å². The number of aliphatic hydroxyl groups is 1. The SMILES string of the molecule is C=C(CN(CC(C)O)C(=O)c1ccc([N+](=O)[O-])cc1)C(=O)OCC. The Morgan fingerprint density at radius 1 is 1.38 bits per heavy atom. The first-order valence-corrected chi connectivity index (χ1v) is 7.33. The van der Waals surface area contributed by atoms with E-state index < -0.39 is 22.9 Å². The van der Waals surface area contributed by atoms with Crippen LogP contribution in [0.1, 0.15) is 24.2 Å². The summed E-state index contributed by atoms with van der Waals surface area (Å²) >= 11 is 0. The molecule has 0 bridgehead atoms. The van der Waals surface area contributed by atoms with Crippen LogP contribution in [0.2, 0.25) is 0 Å². The summed E-state index contributed by atoms with van der Waals surface area (Å²) < 4.78 is 4.82. The summed E-state index contributed by atoms with van der Waals surface area (Å²) in [5.41, 5.74) is 0.148. The molecule has 24 heavy (non-hydrogen) atoms. The maximum absolute atomic E-state index is 12.5. The van der Waals surface area contributed by atoms with Crippen molar-refractivity contribution in [1.82, 2.24) is 4.90 Å². The Morgan fingerprint density at radius 2 is 1.96 bits per heavy atom. The molecule has 1 N–H and O–H groups in total. The maximum Gasteiger partial charge on any atom is 0.335 e. The molecule has 0 spiro atoms. The predicted octanol–water partition coefficient (Wildman–Crippen LogP) is 1.54. The van der Waals surface area contributed by atoms with Gasteiger partial charge in [0, 0.05) is 29.8 Å². The van der Waals surface area contributed by atoms with Crippen LogP contribution in [0.5, 0.6) is 0 Å². The molecule has 0 fully saturated rings.